The smallest absolute Gasteiger partial charge is 0.327 e. The second kappa shape index (κ2) is 4.91. The molecule has 0 spiro atoms. The predicted octanol–water partition coefficient (Wildman–Crippen LogP) is -2.47. The van der Waals surface area contributed by atoms with Crippen LogP contribution in [0.15, 0.2) is 15.9 Å². The summed E-state index contributed by atoms with van der Waals surface area (Å²) >= 11 is 0. The number of rotatable bonds is 2. The fraction of sp³-hybridized carbons (Fsp3) is 0.455. The molecule has 2 aromatic heterocycles. The highest BCUT2D eigenvalue weighted by Crippen LogP contribution is 2.29. The Morgan fingerprint density at radius 2 is 2.24 bits per heavy atom. The number of aliphatic hydroxyl groups excluding tert-OH is 2. The Morgan fingerprint density at radius 1 is 1.48 bits per heavy atom. The molecule has 3 rings (SSSR count). The molecule has 0 amide bonds. The average molecular weight is 295 g/mol. The van der Waals surface area contributed by atoms with Crippen molar-refractivity contribution in [3.63, 3.8) is 0 Å². The van der Waals surface area contributed by atoms with Crippen molar-refractivity contribution in [2.45, 2.75) is 24.9 Å². The first kappa shape index (κ1) is 13.7. The van der Waals surface area contributed by atoms with Gasteiger partial charge in [0.2, 0.25) is 0 Å². The van der Waals surface area contributed by atoms with E-state index in [2.05, 4.69) is 9.97 Å². The summed E-state index contributed by atoms with van der Waals surface area (Å²) in [6, 6.07) is 0. The van der Waals surface area contributed by atoms with Crippen LogP contribution in [0.5, 0.6) is 0 Å². The summed E-state index contributed by atoms with van der Waals surface area (Å²) in [5.41, 5.74) is -1.64. The van der Waals surface area contributed by atoms with Crippen molar-refractivity contribution >= 4 is 11.0 Å². The number of nitrogens with one attached hydrogen (secondary N) is 3. The summed E-state index contributed by atoms with van der Waals surface area (Å²) in [6.45, 7) is -0.350. The number of hydrogen-bond donors (Lipinski definition) is 5. The van der Waals surface area contributed by atoms with Crippen LogP contribution in [0.2, 0.25) is 0 Å². The zero-order chi connectivity index (χ0) is 15.1. The molecule has 0 aliphatic carbocycles. The molecule has 2 aromatic rings. The third-order valence-electron chi connectivity index (χ3n) is 3.42. The first-order valence-electron chi connectivity index (χ1n) is 6.23. The minimum absolute atomic E-state index is 0.0809. The van der Waals surface area contributed by atoms with Crippen LogP contribution in [0.3, 0.4) is 0 Å². The lowest BCUT2D eigenvalue weighted by Crippen LogP contribution is -2.30. The summed E-state index contributed by atoms with van der Waals surface area (Å²) in [6.07, 6.45) is -0.908. The molecule has 3 atom stereocenters. The molecule has 0 unspecified atom stereocenters. The molecule has 0 saturated carbocycles. The SMILES string of the molecule is N=c1ncn([C@H]2C[C@H](O)[C@@H](CO)O2)c2[nH]c(=O)[nH]c(=O)c12. The fourth-order valence-electron chi connectivity index (χ4n) is 2.40. The minimum atomic E-state index is -0.869. The highest BCUT2D eigenvalue weighted by Gasteiger charge is 2.35. The van der Waals surface area contributed by atoms with E-state index in [1.807, 2.05) is 4.98 Å². The maximum absolute atomic E-state index is 11.8. The lowest BCUT2D eigenvalue weighted by atomic mass is 10.2. The van der Waals surface area contributed by atoms with Gasteiger partial charge in [0.05, 0.1) is 12.7 Å². The lowest BCUT2D eigenvalue weighted by Gasteiger charge is -2.16. The van der Waals surface area contributed by atoms with E-state index >= 15 is 0 Å². The normalized spacial score (nSPS) is 25.5. The van der Waals surface area contributed by atoms with Gasteiger partial charge in [0.25, 0.3) is 5.56 Å². The quantitative estimate of drug-likeness (QED) is 0.413. The molecule has 1 aliphatic heterocycles. The fourth-order valence-corrected chi connectivity index (χ4v) is 2.40. The van der Waals surface area contributed by atoms with Crippen molar-refractivity contribution in [1.29, 1.82) is 5.41 Å². The highest BCUT2D eigenvalue weighted by molar-refractivity contribution is 5.71. The van der Waals surface area contributed by atoms with Gasteiger partial charge in [-0.1, -0.05) is 0 Å². The molecule has 0 radical (unpaired) electrons. The Morgan fingerprint density at radius 3 is 2.90 bits per heavy atom. The molecule has 10 nitrogen and oxygen atoms in total. The molecule has 5 N–H and O–H groups in total. The monoisotopic (exact) mass is 295 g/mol. The van der Waals surface area contributed by atoms with Gasteiger partial charge in [0.1, 0.15) is 29.7 Å². The second-order valence-corrected chi connectivity index (χ2v) is 4.75. The number of H-pyrrole nitrogens is 2. The molecule has 10 heteroatoms. The molecular formula is C11H13N5O5. The number of hydrogen-bond acceptors (Lipinski definition) is 7. The van der Waals surface area contributed by atoms with Crippen LogP contribution < -0.4 is 16.7 Å². The van der Waals surface area contributed by atoms with Crippen molar-refractivity contribution in [3.8, 4) is 0 Å². The highest BCUT2D eigenvalue weighted by atomic mass is 16.5. The molecule has 0 bridgehead atoms. The topological polar surface area (TPSA) is 157 Å². The largest absolute Gasteiger partial charge is 0.394 e. The van der Waals surface area contributed by atoms with Crippen LogP contribution in [-0.4, -0.2) is 48.5 Å². The van der Waals surface area contributed by atoms with Gasteiger partial charge < -0.3 is 14.9 Å². The summed E-state index contributed by atoms with van der Waals surface area (Å²) in [4.78, 5) is 31.5. The molecule has 112 valence electrons. The summed E-state index contributed by atoms with van der Waals surface area (Å²) in [5, 5.41) is 26.4. The third-order valence-corrected chi connectivity index (χ3v) is 3.42. The van der Waals surface area contributed by atoms with E-state index in [4.69, 9.17) is 15.3 Å². The van der Waals surface area contributed by atoms with E-state index in [-0.39, 0.29) is 29.5 Å². The van der Waals surface area contributed by atoms with Gasteiger partial charge in [-0.2, -0.15) is 0 Å². The van der Waals surface area contributed by atoms with Crippen molar-refractivity contribution < 1.29 is 14.9 Å². The molecule has 3 heterocycles. The van der Waals surface area contributed by atoms with Crippen LogP contribution in [0.25, 0.3) is 11.0 Å². The van der Waals surface area contributed by atoms with E-state index in [1.165, 1.54) is 10.9 Å². The van der Waals surface area contributed by atoms with Gasteiger partial charge in [0.15, 0.2) is 5.49 Å². The first-order chi connectivity index (χ1) is 10.0. The first-order valence-corrected chi connectivity index (χ1v) is 6.23. The number of fused-ring (bicyclic) bond motifs is 1. The predicted molar refractivity (Wildman–Crippen MR) is 68.4 cm³/mol. The Hall–Kier alpha value is -2.30. The van der Waals surface area contributed by atoms with Crippen LogP contribution in [0.1, 0.15) is 12.6 Å². The zero-order valence-corrected chi connectivity index (χ0v) is 10.7. The van der Waals surface area contributed by atoms with Crippen molar-refractivity contribution in [3.05, 3.63) is 32.7 Å². The number of ether oxygens (including phenoxy) is 1. The Labute approximate surface area is 116 Å². The number of nitrogens with zero attached hydrogens (tertiary/aromatic N) is 2. The zero-order valence-electron chi connectivity index (χ0n) is 10.7. The molecule has 1 saturated heterocycles. The Kier molecular flexibility index (Phi) is 3.20. The molecule has 1 aliphatic rings. The Bertz CT molecular complexity index is 852. The maximum Gasteiger partial charge on any atom is 0.327 e. The molecule has 0 aromatic carbocycles. The van der Waals surface area contributed by atoms with Gasteiger partial charge >= 0.3 is 5.69 Å². The van der Waals surface area contributed by atoms with Crippen molar-refractivity contribution in [2.24, 2.45) is 0 Å². The van der Waals surface area contributed by atoms with E-state index in [0.29, 0.717) is 0 Å². The minimum Gasteiger partial charge on any atom is -0.394 e. The Balaban J connectivity index is 2.21. The standard InChI is InChI=1S/C11H13N5O5/c12-8-7-9(14-11(20)15-10(7)19)16(3-13-8)6-1-4(18)5(2-17)21-6/h3-6,12,17-18H,1-2H2,(H2,14,15,19,20)/t4-,5+,6+/m0/s1. The maximum atomic E-state index is 11.8. The van der Waals surface area contributed by atoms with E-state index in [1.54, 1.807) is 0 Å². The van der Waals surface area contributed by atoms with Gasteiger partial charge in [-0.3, -0.25) is 24.7 Å². The lowest BCUT2D eigenvalue weighted by molar-refractivity contribution is -0.0435. The van der Waals surface area contributed by atoms with E-state index < -0.39 is 29.7 Å². The van der Waals surface area contributed by atoms with Gasteiger partial charge in [-0.15, -0.1) is 0 Å². The van der Waals surface area contributed by atoms with Gasteiger partial charge in [-0.05, 0) is 0 Å². The van der Waals surface area contributed by atoms with Crippen molar-refractivity contribution in [1.82, 2.24) is 19.5 Å². The third kappa shape index (κ3) is 2.18. The molecule has 21 heavy (non-hydrogen) atoms. The number of aliphatic hydroxyl groups is 2. The molecular weight excluding hydrogens is 282 g/mol. The number of aromatic nitrogens is 4. The second-order valence-electron chi connectivity index (χ2n) is 4.75. The van der Waals surface area contributed by atoms with Gasteiger partial charge in [-0.25, -0.2) is 9.78 Å². The average Bonchev–Trinajstić information content (AvgIpc) is 2.79. The molecule has 1 fully saturated rings. The number of aromatic amines is 2. The van der Waals surface area contributed by atoms with Gasteiger partial charge in [0, 0.05) is 6.42 Å². The van der Waals surface area contributed by atoms with Crippen LogP contribution >= 0.6 is 0 Å². The van der Waals surface area contributed by atoms with E-state index in [9.17, 15) is 14.7 Å². The summed E-state index contributed by atoms with van der Waals surface area (Å²) < 4.78 is 6.83. The van der Waals surface area contributed by atoms with Crippen molar-refractivity contribution in [2.75, 3.05) is 6.61 Å². The van der Waals surface area contributed by atoms with Crippen LogP contribution in [-0.2, 0) is 4.74 Å². The van der Waals surface area contributed by atoms with Crippen LogP contribution in [0, 0.1) is 5.41 Å². The summed E-state index contributed by atoms with van der Waals surface area (Å²) in [5.74, 6) is 0. The van der Waals surface area contributed by atoms with E-state index in [0.717, 1.165) is 0 Å². The summed E-state index contributed by atoms with van der Waals surface area (Å²) in [7, 11) is 0. The van der Waals surface area contributed by atoms with Crippen LogP contribution in [0.4, 0.5) is 0 Å².